The lowest BCUT2D eigenvalue weighted by atomic mass is 9.33. The number of benzene rings is 11. The molecule has 0 atom stereocenters. The van der Waals surface area contributed by atoms with Crippen LogP contribution in [0.3, 0.4) is 0 Å². The molecule has 16 rings (SSSR count). The van der Waals surface area contributed by atoms with E-state index in [4.69, 9.17) is 13.9 Å². The van der Waals surface area contributed by atoms with Gasteiger partial charge in [0.05, 0.1) is 5.69 Å². The molecule has 0 fully saturated rings. The minimum atomic E-state index is -0.206. The van der Waals surface area contributed by atoms with Crippen LogP contribution >= 0.6 is 0 Å². The highest BCUT2D eigenvalue weighted by molar-refractivity contribution is 7.00. The standard InChI is InChI=1S/C78H62BN3O3/c1-49-38-70-76-71(39-49)82(67-35-31-55(77(2,3)4)45-62(67)50-20-10-7-11-21-50)69-48-75-74(83-36-37-84-75)47-66(69)79(76)65-34-32-58(80(56-23-12-8-13-24-56)57-25-14-9-15-26-57)46-68(65)81(70)59-41-53(40-54(42-59)73-44-52-22-16-19-29-72(52)85-73)51-30-33-61-60-27-17-18-28-63(60)78(5,6)64(61)43-51/h7-35,38-48H,36-37H2,1-6H3. The van der Waals surface area contributed by atoms with Crippen LogP contribution in [-0.4, -0.2) is 19.9 Å². The van der Waals surface area contributed by atoms with E-state index in [1.165, 1.54) is 38.7 Å². The summed E-state index contributed by atoms with van der Waals surface area (Å²) in [5, 5.41) is 1.06. The first-order chi connectivity index (χ1) is 41.4. The van der Waals surface area contributed by atoms with Crippen molar-refractivity contribution in [1.82, 2.24) is 0 Å². The predicted octanol–water partition coefficient (Wildman–Crippen LogP) is 18.7. The quantitative estimate of drug-likeness (QED) is 0.141. The van der Waals surface area contributed by atoms with Crippen molar-refractivity contribution >= 4 is 85.3 Å². The molecule has 7 heteroatoms. The first kappa shape index (κ1) is 50.7. The third-order valence-corrected chi connectivity index (χ3v) is 18.1. The number of ether oxygens (including phenoxy) is 2. The molecule has 0 radical (unpaired) electrons. The normalized spacial score (nSPS) is 14.1. The lowest BCUT2D eigenvalue weighted by Gasteiger charge is -2.45. The molecule has 0 bridgehead atoms. The van der Waals surface area contributed by atoms with Crippen LogP contribution < -0.4 is 40.6 Å². The zero-order valence-electron chi connectivity index (χ0n) is 48.7. The van der Waals surface area contributed by atoms with Gasteiger partial charge < -0.3 is 28.6 Å². The molecule has 85 heavy (non-hydrogen) atoms. The van der Waals surface area contributed by atoms with Gasteiger partial charge in [0.2, 0.25) is 0 Å². The zero-order chi connectivity index (χ0) is 57.3. The van der Waals surface area contributed by atoms with Gasteiger partial charge in [-0.1, -0.05) is 168 Å². The predicted molar refractivity (Wildman–Crippen MR) is 353 cm³/mol. The highest BCUT2D eigenvalue weighted by atomic mass is 16.6. The van der Waals surface area contributed by atoms with E-state index < -0.39 is 0 Å². The second kappa shape index (κ2) is 19.3. The van der Waals surface area contributed by atoms with Crippen molar-refractivity contribution in [2.24, 2.45) is 0 Å². The van der Waals surface area contributed by atoms with Crippen LogP contribution in [0.25, 0.3) is 55.7 Å². The Morgan fingerprint density at radius 3 is 1.84 bits per heavy atom. The van der Waals surface area contributed by atoms with Crippen molar-refractivity contribution in [3.05, 3.63) is 265 Å². The molecule has 3 aliphatic heterocycles. The van der Waals surface area contributed by atoms with E-state index in [-0.39, 0.29) is 17.5 Å². The van der Waals surface area contributed by atoms with Gasteiger partial charge in [-0.3, -0.25) is 0 Å². The summed E-state index contributed by atoms with van der Waals surface area (Å²) >= 11 is 0. The molecule has 11 aromatic carbocycles. The van der Waals surface area contributed by atoms with Crippen molar-refractivity contribution in [3.63, 3.8) is 0 Å². The van der Waals surface area contributed by atoms with E-state index in [1.54, 1.807) is 0 Å². The van der Waals surface area contributed by atoms with Gasteiger partial charge in [-0.2, -0.15) is 0 Å². The number of nitrogens with zero attached hydrogens (tertiary/aromatic N) is 3. The fourth-order valence-corrected chi connectivity index (χ4v) is 14.0. The van der Waals surface area contributed by atoms with Crippen molar-refractivity contribution in [2.75, 3.05) is 27.9 Å². The Hall–Kier alpha value is -9.98. The molecule has 0 amide bonds. The lowest BCUT2D eigenvalue weighted by molar-refractivity contribution is 0.172. The van der Waals surface area contributed by atoms with Crippen LogP contribution in [0.1, 0.15) is 56.9 Å². The summed E-state index contributed by atoms with van der Waals surface area (Å²) < 4.78 is 20.0. The number of para-hydroxylation sites is 3. The summed E-state index contributed by atoms with van der Waals surface area (Å²) in [4.78, 5) is 7.45. The number of furan rings is 1. The second-order valence-corrected chi connectivity index (χ2v) is 24.8. The number of hydrogen-bond acceptors (Lipinski definition) is 6. The summed E-state index contributed by atoms with van der Waals surface area (Å²) in [6, 6.07) is 89.5. The van der Waals surface area contributed by atoms with Crippen LogP contribution in [0.5, 0.6) is 11.5 Å². The molecule has 0 saturated heterocycles. The molecule has 0 N–H and O–H groups in total. The van der Waals surface area contributed by atoms with Crippen LogP contribution in [-0.2, 0) is 10.8 Å². The average Bonchev–Trinajstić information content (AvgIpc) is 1.36. The van der Waals surface area contributed by atoms with Gasteiger partial charge in [0.1, 0.15) is 24.6 Å². The van der Waals surface area contributed by atoms with E-state index in [1.807, 2.05) is 6.07 Å². The average molecular weight is 1100 g/mol. The van der Waals surface area contributed by atoms with Crippen LogP contribution in [0, 0.1) is 6.92 Å². The minimum Gasteiger partial charge on any atom is -0.486 e. The Bertz CT molecular complexity index is 4590. The van der Waals surface area contributed by atoms with E-state index in [9.17, 15) is 0 Å². The second-order valence-electron chi connectivity index (χ2n) is 24.8. The first-order valence-corrected chi connectivity index (χ1v) is 29.7. The first-order valence-electron chi connectivity index (χ1n) is 29.7. The summed E-state index contributed by atoms with van der Waals surface area (Å²) in [6.07, 6.45) is 0. The zero-order valence-corrected chi connectivity index (χ0v) is 48.7. The van der Waals surface area contributed by atoms with Gasteiger partial charge in [-0.25, -0.2) is 0 Å². The summed E-state index contributed by atoms with van der Waals surface area (Å²) in [7, 11) is 0. The van der Waals surface area contributed by atoms with E-state index in [0.29, 0.717) is 13.2 Å². The number of hydrogen-bond donors (Lipinski definition) is 0. The van der Waals surface area contributed by atoms with Gasteiger partial charge >= 0.3 is 0 Å². The lowest BCUT2D eigenvalue weighted by Crippen LogP contribution is -2.61. The summed E-state index contributed by atoms with van der Waals surface area (Å²) in [5.41, 5.74) is 27.0. The Kier molecular flexibility index (Phi) is 11.5. The van der Waals surface area contributed by atoms with Gasteiger partial charge in [-0.05, 0) is 182 Å². The topological polar surface area (TPSA) is 41.3 Å². The van der Waals surface area contributed by atoms with Crippen LogP contribution in [0.15, 0.2) is 247 Å². The highest BCUT2D eigenvalue weighted by Gasteiger charge is 2.46. The highest BCUT2D eigenvalue weighted by Crippen LogP contribution is 2.53. The van der Waals surface area contributed by atoms with Gasteiger partial charge in [0, 0.05) is 73.5 Å². The number of aryl methyl sites for hydroxylation is 1. The number of rotatable bonds is 8. The Balaban J connectivity index is 0.996. The molecule has 0 saturated carbocycles. The maximum atomic E-state index is 6.88. The van der Waals surface area contributed by atoms with E-state index in [2.05, 4.69) is 293 Å². The third-order valence-electron chi connectivity index (χ3n) is 18.1. The van der Waals surface area contributed by atoms with Crippen molar-refractivity contribution in [3.8, 4) is 56.2 Å². The monoisotopic (exact) mass is 1100 g/mol. The number of anilines is 9. The fraction of sp³-hybridized carbons (Fsp3) is 0.128. The Morgan fingerprint density at radius 2 is 1.09 bits per heavy atom. The molecular weight excluding hydrogens is 1040 g/mol. The molecule has 1 aromatic heterocycles. The third kappa shape index (κ3) is 8.23. The molecule has 12 aromatic rings. The van der Waals surface area contributed by atoms with Crippen molar-refractivity contribution in [1.29, 1.82) is 0 Å². The molecular formula is C78H62BN3O3. The van der Waals surface area contributed by atoms with Gasteiger partial charge in [0.25, 0.3) is 6.71 Å². The molecule has 6 nitrogen and oxygen atoms in total. The smallest absolute Gasteiger partial charge is 0.252 e. The van der Waals surface area contributed by atoms with Gasteiger partial charge in [-0.15, -0.1) is 0 Å². The van der Waals surface area contributed by atoms with Crippen LogP contribution in [0.4, 0.5) is 51.2 Å². The maximum absolute atomic E-state index is 6.88. The van der Waals surface area contributed by atoms with Crippen molar-refractivity contribution < 1.29 is 13.9 Å². The fourth-order valence-electron chi connectivity index (χ4n) is 14.0. The molecule has 1 aliphatic carbocycles. The minimum absolute atomic E-state index is 0.0872. The molecule has 0 spiro atoms. The van der Waals surface area contributed by atoms with Crippen molar-refractivity contribution in [2.45, 2.75) is 52.4 Å². The van der Waals surface area contributed by atoms with Gasteiger partial charge in [0.15, 0.2) is 11.5 Å². The largest absolute Gasteiger partial charge is 0.486 e. The SMILES string of the molecule is Cc1cc2c3c(c1)N(c1ccc(C(C)(C)C)cc1-c1ccccc1)c1cc4c(cc1B3c1ccc(N(c3ccccc3)c3ccccc3)cc1N2c1cc(-c2ccc3c(c2)C(C)(C)c2ccccc2-3)cc(-c2cc3ccccc3o2)c1)OCCO4. The molecule has 410 valence electrons. The Labute approximate surface area is 497 Å². The van der Waals surface area contributed by atoms with E-state index >= 15 is 0 Å². The van der Waals surface area contributed by atoms with Crippen LogP contribution in [0.2, 0.25) is 0 Å². The Morgan fingerprint density at radius 1 is 0.447 bits per heavy atom. The number of fused-ring (bicyclic) bond motifs is 9. The van der Waals surface area contributed by atoms with E-state index in [0.717, 1.165) is 118 Å². The summed E-state index contributed by atoms with van der Waals surface area (Å²) in [5.74, 6) is 2.33. The molecule has 4 aliphatic rings. The molecule has 0 unspecified atom stereocenters. The summed E-state index contributed by atoms with van der Waals surface area (Å²) in [6.45, 7) is 14.6. The molecule has 4 heterocycles. The maximum Gasteiger partial charge on any atom is 0.252 e.